The SMILES string of the molecule is COc1cccc(CC(=O)N2CCOC[C@]3(CCN(C)C3)C2)c1. The van der Waals surface area contributed by atoms with Crippen LogP contribution in [0.2, 0.25) is 0 Å². The minimum atomic E-state index is 0.106. The van der Waals surface area contributed by atoms with E-state index < -0.39 is 0 Å². The Labute approximate surface area is 138 Å². The Morgan fingerprint density at radius 2 is 2.22 bits per heavy atom. The molecule has 5 nitrogen and oxygen atoms in total. The van der Waals surface area contributed by atoms with E-state index in [0.717, 1.165) is 44.0 Å². The summed E-state index contributed by atoms with van der Waals surface area (Å²) in [5.41, 5.74) is 1.10. The molecule has 1 spiro atoms. The number of hydrogen-bond donors (Lipinski definition) is 0. The van der Waals surface area contributed by atoms with Crippen LogP contribution < -0.4 is 4.74 Å². The number of likely N-dealkylation sites (tertiary alicyclic amines) is 1. The Hall–Kier alpha value is -1.59. The zero-order valence-corrected chi connectivity index (χ0v) is 14.1. The van der Waals surface area contributed by atoms with Gasteiger partial charge in [-0.05, 0) is 37.7 Å². The second-order valence-electron chi connectivity index (χ2n) is 6.88. The van der Waals surface area contributed by atoms with Gasteiger partial charge in [0.2, 0.25) is 5.91 Å². The van der Waals surface area contributed by atoms with Gasteiger partial charge in [0.15, 0.2) is 0 Å². The summed E-state index contributed by atoms with van der Waals surface area (Å²) in [7, 11) is 3.79. The molecule has 2 saturated heterocycles. The van der Waals surface area contributed by atoms with E-state index in [1.165, 1.54) is 0 Å². The van der Waals surface area contributed by atoms with Crippen molar-refractivity contribution >= 4 is 5.91 Å². The van der Waals surface area contributed by atoms with Crippen molar-refractivity contribution in [1.29, 1.82) is 0 Å². The summed E-state index contributed by atoms with van der Waals surface area (Å²) in [6.07, 6.45) is 1.52. The van der Waals surface area contributed by atoms with Gasteiger partial charge in [0.05, 0.1) is 26.7 Å². The van der Waals surface area contributed by atoms with Crippen LogP contribution in [0.4, 0.5) is 0 Å². The number of ether oxygens (including phenoxy) is 2. The first-order valence-corrected chi connectivity index (χ1v) is 8.27. The highest BCUT2D eigenvalue weighted by Crippen LogP contribution is 2.32. The number of rotatable bonds is 3. The van der Waals surface area contributed by atoms with E-state index in [2.05, 4.69) is 11.9 Å². The van der Waals surface area contributed by atoms with Gasteiger partial charge in [-0.2, -0.15) is 0 Å². The second-order valence-corrected chi connectivity index (χ2v) is 6.88. The van der Waals surface area contributed by atoms with Crippen molar-refractivity contribution in [2.75, 3.05) is 53.6 Å². The van der Waals surface area contributed by atoms with Gasteiger partial charge in [-0.15, -0.1) is 0 Å². The lowest BCUT2D eigenvalue weighted by Gasteiger charge is -2.31. The van der Waals surface area contributed by atoms with Crippen LogP contribution in [-0.2, 0) is 16.0 Å². The van der Waals surface area contributed by atoms with Gasteiger partial charge >= 0.3 is 0 Å². The quantitative estimate of drug-likeness (QED) is 0.845. The average molecular weight is 318 g/mol. The molecular weight excluding hydrogens is 292 g/mol. The van der Waals surface area contributed by atoms with Crippen LogP contribution in [0.3, 0.4) is 0 Å². The van der Waals surface area contributed by atoms with Gasteiger partial charge in [0.1, 0.15) is 5.75 Å². The van der Waals surface area contributed by atoms with E-state index >= 15 is 0 Å². The number of hydrogen-bond acceptors (Lipinski definition) is 4. The smallest absolute Gasteiger partial charge is 0.227 e. The number of amides is 1. The highest BCUT2D eigenvalue weighted by Gasteiger charge is 2.40. The molecule has 0 aromatic heterocycles. The highest BCUT2D eigenvalue weighted by molar-refractivity contribution is 5.79. The largest absolute Gasteiger partial charge is 0.497 e. The summed E-state index contributed by atoms with van der Waals surface area (Å²) in [6.45, 7) is 4.99. The molecular formula is C18H26N2O3. The summed E-state index contributed by atoms with van der Waals surface area (Å²) in [5, 5.41) is 0. The summed E-state index contributed by atoms with van der Waals surface area (Å²) in [6, 6.07) is 7.75. The summed E-state index contributed by atoms with van der Waals surface area (Å²) in [5.74, 6) is 0.973. The van der Waals surface area contributed by atoms with E-state index in [0.29, 0.717) is 19.6 Å². The monoisotopic (exact) mass is 318 g/mol. The lowest BCUT2D eigenvalue weighted by atomic mass is 9.87. The molecule has 1 aromatic carbocycles. The lowest BCUT2D eigenvalue weighted by molar-refractivity contribution is -0.131. The summed E-state index contributed by atoms with van der Waals surface area (Å²) in [4.78, 5) is 17.1. The van der Waals surface area contributed by atoms with Crippen molar-refractivity contribution in [2.24, 2.45) is 5.41 Å². The topological polar surface area (TPSA) is 42.0 Å². The Morgan fingerprint density at radius 1 is 1.35 bits per heavy atom. The Bertz CT molecular complexity index is 563. The molecule has 3 rings (SSSR count). The van der Waals surface area contributed by atoms with Crippen molar-refractivity contribution < 1.29 is 14.3 Å². The minimum Gasteiger partial charge on any atom is -0.497 e. The molecule has 2 heterocycles. The van der Waals surface area contributed by atoms with E-state index in [1.807, 2.05) is 29.2 Å². The normalized spacial score (nSPS) is 25.6. The maximum atomic E-state index is 12.8. The highest BCUT2D eigenvalue weighted by atomic mass is 16.5. The standard InChI is InChI=1S/C18H26N2O3/c1-19-7-6-18(12-19)13-20(8-9-23-14-18)17(21)11-15-4-3-5-16(10-15)22-2/h3-5,10H,6-9,11-14H2,1-2H3/t18-/m0/s1. The van der Waals surface area contributed by atoms with Gasteiger partial charge in [-0.3, -0.25) is 4.79 Å². The number of benzene rings is 1. The van der Waals surface area contributed by atoms with Crippen LogP contribution in [0.15, 0.2) is 24.3 Å². The Kier molecular flexibility index (Phi) is 4.87. The van der Waals surface area contributed by atoms with Crippen molar-refractivity contribution in [3.8, 4) is 5.75 Å². The summed E-state index contributed by atoms with van der Waals surface area (Å²) < 4.78 is 11.0. The second kappa shape index (κ2) is 6.89. The zero-order valence-electron chi connectivity index (χ0n) is 14.1. The molecule has 2 aliphatic heterocycles. The molecule has 1 amide bonds. The van der Waals surface area contributed by atoms with E-state index in [-0.39, 0.29) is 11.3 Å². The van der Waals surface area contributed by atoms with Crippen LogP contribution in [0.1, 0.15) is 12.0 Å². The fourth-order valence-corrected chi connectivity index (χ4v) is 3.68. The molecule has 0 saturated carbocycles. The number of carbonyl (C=O) groups excluding carboxylic acids is 1. The van der Waals surface area contributed by atoms with Crippen molar-refractivity contribution in [3.05, 3.63) is 29.8 Å². The van der Waals surface area contributed by atoms with Gasteiger partial charge in [-0.25, -0.2) is 0 Å². The number of carbonyl (C=O) groups is 1. The third-order valence-corrected chi connectivity index (χ3v) is 4.91. The summed E-state index contributed by atoms with van der Waals surface area (Å²) >= 11 is 0. The molecule has 2 aliphatic rings. The molecule has 1 aromatic rings. The maximum Gasteiger partial charge on any atom is 0.227 e. The maximum absolute atomic E-state index is 12.8. The molecule has 0 N–H and O–H groups in total. The molecule has 0 aliphatic carbocycles. The fraction of sp³-hybridized carbons (Fsp3) is 0.611. The predicted molar refractivity (Wildman–Crippen MR) is 88.6 cm³/mol. The lowest BCUT2D eigenvalue weighted by Crippen LogP contribution is -2.43. The van der Waals surface area contributed by atoms with E-state index in [9.17, 15) is 4.79 Å². The molecule has 23 heavy (non-hydrogen) atoms. The molecule has 5 heteroatoms. The van der Waals surface area contributed by atoms with Gasteiger partial charge < -0.3 is 19.3 Å². The third-order valence-electron chi connectivity index (χ3n) is 4.91. The molecule has 2 fully saturated rings. The first-order chi connectivity index (χ1) is 11.1. The number of methoxy groups -OCH3 is 1. The number of nitrogens with zero attached hydrogens (tertiary/aromatic N) is 2. The molecule has 0 unspecified atom stereocenters. The van der Waals surface area contributed by atoms with E-state index in [1.54, 1.807) is 7.11 Å². The molecule has 1 atom stereocenters. The van der Waals surface area contributed by atoms with Crippen LogP contribution in [0.5, 0.6) is 5.75 Å². The third kappa shape index (κ3) is 3.85. The zero-order chi connectivity index (χ0) is 16.3. The van der Waals surface area contributed by atoms with Crippen LogP contribution >= 0.6 is 0 Å². The van der Waals surface area contributed by atoms with Crippen molar-refractivity contribution in [2.45, 2.75) is 12.8 Å². The van der Waals surface area contributed by atoms with Gasteiger partial charge in [-0.1, -0.05) is 12.1 Å². The Balaban J connectivity index is 1.68. The Morgan fingerprint density at radius 3 is 2.96 bits per heavy atom. The van der Waals surface area contributed by atoms with E-state index in [4.69, 9.17) is 9.47 Å². The van der Waals surface area contributed by atoms with Crippen molar-refractivity contribution in [1.82, 2.24) is 9.80 Å². The van der Waals surface area contributed by atoms with Gasteiger partial charge in [0, 0.05) is 25.0 Å². The molecule has 0 bridgehead atoms. The minimum absolute atomic E-state index is 0.106. The van der Waals surface area contributed by atoms with Crippen LogP contribution in [0, 0.1) is 5.41 Å². The predicted octanol–water partition coefficient (Wildman–Crippen LogP) is 1.42. The average Bonchev–Trinajstić information content (AvgIpc) is 2.78. The van der Waals surface area contributed by atoms with Crippen LogP contribution in [0.25, 0.3) is 0 Å². The van der Waals surface area contributed by atoms with Crippen LogP contribution in [-0.4, -0.2) is 69.3 Å². The van der Waals surface area contributed by atoms with Gasteiger partial charge in [0.25, 0.3) is 0 Å². The molecule has 0 radical (unpaired) electrons. The first kappa shape index (κ1) is 16.3. The molecule has 126 valence electrons. The fourth-order valence-electron chi connectivity index (χ4n) is 3.68. The first-order valence-electron chi connectivity index (χ1n) is 8.27. The van der Waals surface area contributed by atoms with Crippen molar-refractivity contribution in [3.63, 3.8) is 0 Å².